The van der Waals surface area contributed by atoms with Crippen LogP contribution in [0.2, 0.25) is 0 Å². The van der Waals surface area contributed by atoms with Crippen LogP contribution < -0.4 is 5.32 Å². The lowest BCUT2D eigenvalue weighted by Gasteiger charge is -2.28. The highest BCUT2D eigenvalue weighted by atomic mass is 32.2. The monoisotopic (exact) mass is 315 g/mol. The fraction of sp³-hybridized carbons (Fsp3) is 0.941. The second-order valence-corrected chi connectivity index (χ2v) is 7.62. The number of carbonyl (C=O) groups excluding carboxylic acids is 1. The zero-order valence-electron chi connectivity index (χ0n) is 14.1. The van der Waals surface area contributed by atoms with Gasteiger partial charge in [-0.25, -0.2) is 0 Å². The molecule has 1 atom stereocenters. The van der Waals surface area contributed by atoms with Gasteiger partial charge in [0.15, 0.2) is 0 Å². The number of thioether (sulfide) groups is 1. The fourth-order valence-electron chi connectivity index (χ4n) is 2.84. The number of unbranched alkanes of at least 4 members (excludes halogenated alkanes) is 1. The molecule has 0 aromatic carbocycles. The summed E-state index contributed by atoms with van der Waals surface area (Å²) in [7, 11) is 0. The molecule has 0 heterocycles. The van der Waals surface area contributed by atoms with E-state index in [1.54, 1.807) is 0 Å². The molecule has 1 N–H and O–H groups in total. The van der Waals surface area contributed by atoms with E-state index >= 15 is 0 Å². The van der Waals surface area contributed by atoms with Crippen molar-refractivity contribution in [1.29, 1.82) is 0 Å². The highest BCUT2D eigenvalue weighted by Crippen LogP contribution is 2.30. The summed E-state index contributed by atoms with van der Waals surface area (Å²) in [6.45, 7) is 7.31. The average Bonchev–Trinajstić information content (AvgIpc) is 2.98. The van der Waals surface area contributed by atoms with Crippen molar-refractivity contribution in [2.45, 2.75) is 82.9 Å². The Morgan fingerprint density at radius 1 is 1.29 bits per heavy atom. The van der Waals surface area contributed by atoms with Crippen LogP contribution in [0.4, 0.5) is 0 Å². The molecule has 1 aliphatic carbocycles. The normalized spacial score (nSPS) is 18.6. The van der Waals surface area contributed by atoms with E-state index in [2.05, 4.69) is 24.0 Å². The van der Waals surface area contributed by atoms with Gasteiger partial charge in [0.25, 0.3) is 0 Å². The Kier molecular flexibility index (Phi) is 9.41. The van der Waals surface area contributed by atoms with E-state index in [9.17, 15) is 4.79 Å². The molecule has 1 fully saturated rings. The van der Waals surface area contributed by atoms with E-state index in [1.807, 2.05) is 13.8 Å². The number of rotatable bonds is 11. The molecule has 0 aliphatic heterocycles. The second kappa shape index (κ2) is 10.5. The van der Waals surface area contributed by atoms with Crippen molar-refractivity contribution in [3.8, 4) is 0 Å². The number of hydrogen-bond acceptors (Lipinski definition) is 4. The molecule has 4 heteroatoms. The van der Waals surface area contributed by atoms with Gasteiger partial charge in [-0.2, -0.15) is 11.8 Å². The predicted octanol–water partition coefficient (Wildman–Crippen LogP) is 4.15. The third-order valence-electron chi connectivity index (χ3n) is 4.22. The quantitative estimate of drug-likeness (QED) is 0.459. The van der Waals surface area contributed by atoms with Crippen molar-refractivity contribution < 1.29 is 9.53 Å². The van der Waals surface area contributed by atoms with E-state index < -0.39 is 5.54 Å². The summed E-state index contributed by atoms with van der Waals surface area (Å²) >= 11 is 2.13. The Morgan fingerprint density at radius 2 is 2.00 bits per heavy atom. The summed E-state index contributed by atoms with van der Waals surface area (Å²) in [6, 6.07) is 0. The SMILES string of the molecule is CCCNC(C)(CCCCSC1CCCC1)C(=O)OCC. The van der Waals surface area contributed by atoms with Crippen LogP contribution in [0.1, 0.15) is 72.1 Å². The molecular weight excluding hydrogens is 282 g/mol. The zero-order valence-corrected chi connectivity index (χ0v) is 14.9. The Balaban J connectivity index is 2.25. The molecule has 0 aromatic rings. The van der Waals surface area contributed by atoms with Crippen LogP contribution in [0.15, 0.2) is 0 Å². The predicted molar refractivity (Wildman–Crippen MR) is 91.9 cm³/mol. The van der Waals surface area contributed by atoms with Gasteiger partial charge in [0.2, 0.25) is 0 Å². The van der Waals surface area contributed by atoms with Crippen molar-refractivity contribution >= 4 is 17.7 Å². The average molecular weight is 316 g/mol. The third-order valence-corrected chi connectivity index (χ3v) is 5.69. The second-order valence-electron chi connectivity index (χ2n) is 6.21. The summed E-state index contributed by atoms with van der Waals surface area (Å²) in [5.74, 6) is 1.14. The van der Waals surface area contributed by atoms with Crippen molar-refractivity contribution in [3.05, 3.63) is 0 Å². The summed E-state index contributed by atoms with van der Waals surface area (Å²) in [5, 5.41) is 4.28. The first-order valence-corrected chi connectivity index (χ1v) is 9.71. The molecule has 1 aliphatic rings. The summed E-state index contributed by atoms with van der Waals surface area (Å²) in [4.78, 5) is 12.2. The molecule has 3 nitrogen and oxygen atoms in total. The Morgan fingerprint density at radius 3 is 2.62 bits per heavy atom. The van der Waals surface area contributed by atoms with Gasteiger partial charge >= 0.3 is 5.97 Å². The number of ether oxygens (including phenoxy) is 1. The first-order chi connectivity index (χ1) is 10.1. The molecule has 0 saturated heterocycles. The van der Waals surface area contributed by atoms with Gasteiger partial charge in [0, 0.05) is 5.25 Å². The molecular formula is C17H33NO2S. The summed E-state index contributed by atoms with van der Waals surface area (Å²) in [6.07, 6.45) is 9.84. The van der Waals surface area contributed by atoms with Crippen LogP contribution in [-0.2, 0) is 9.53 Å². The Hall–Kier alpha value is -0.220. The van der Waals surface area contributed by atoms with Gasteiger partial charge in [-0.3, -0.25) is 4.79 Å². The van der Waals surface area contributed by atoms with E-state index in [0.717, 1.165) is 31.1 Å². The van der Waals surface area contributed by atoms with Gasteiger partial charge < -0.3 is 10.1 Å². The summed E-state index contributed by atoms with van der Waals surface area (Å²) < 4.78 is 5.24. The molecule has 124 valence electrons. The highest BCUT2D eigenvalue weighted by molar-refractivity contribution is 7.99. The van der Waals surface area contributed by atoms with E-state index in [-0.39, 0.29) is 5.97 Å². The van der Waals surface area contributed by atoms with Gasteiger partial charge in [0.05, 0.1) is 6.61 Å². The number of carbonyl (C=O) groups is 1. The zero-order chi connectivity index (χ0) is 15.6. The number of nitrogens with one attached hydrogen (secondary N) is 1. The minimum atomic E-state index is -0.510. The third kappa shape index (κ3) is 7.05. The lowest BCUT2D eigenvalue weighted by Crippen LogP contribution is -2.50. The molecule has 0 spiro atoms. The van der Waals surface area contributed by atoms with Gasteiger partial charge in [-0.1, -0.05) is 26.2 Å². The largest absolute Gasteiger partial charge is 0.465 e. The number of esters is 1. The van der Waals surface area contributed by atoms with Crippen LogP contribution in [0.25, 0.3) is 0 Å². The molecule has 0 radical (unpaired) electrons. The standard InChI is InChI=1S/C17H33NO2S/c1-4-13-18-17(3,16(19)20-5-2)12-8-9-14-21-15-10-6-7-11-15/h15,18H,4-14H2,1-3H3. The van der Waals surface area contributed by atoms with Crippen molar-refractivity contribution in [3.63, 3.8) is 0 Å². The maximum atomic E-state index is 12.2. The molecule has 1 unspecified atom stereocenters. The van der Waals surface area contributed by atoms with Gasteiger partial charge in [-0.05, 0) is 58.2 Å². The summed E-state index contributed by atoms with van der Waals surface area (Å²) in [5.41, 5.74) is -0.510. The molecule has 1 rings (SSSR count). The maximum Gasteiger partial charge on any atom is 0.326 e. The topological polar surface area (TPSA) is 38.3 Å². The lowest BCUT2D eigenvalue weighted by atomic mass is 9.95. The number of hydrogen-bond donors (Lipinski definition) is 1. The lowest BCUT2D eigenvalue weighted by molar-refractivity contribution is -0.150. The van der Waals surface area contributed by atoms with Crippen molar-refractivity contribution in [1.82, 2.24) is 5.32 Å². The van der Waals surface area contributed by atoms with Crippen LogP contribution >= 0.6 is 11.8 Å². The van der Waals surface area contributed by atoms with Gasteiger partial charge in [0.1, 0.15) is 5.54 Å². The minimum absolute atomic E-state index is 0.0955. The van der Waals surface area contributed by atoms with E-state index in [1.165, 1.54) is 37.9 Å². The molecule has 21 heavy (non-hydrogen) atoms. The molecule has 0 bridgehead atoms. The van der Waals surface area contributed by atoms with Crippen LogP contribution in [0.5, 0.6) is 0 Å². The highest BCUT2D eigenvalue weighted by Gasteiger charge is 2.33. The van der Waals surface area contributed by atoms with Crippen LogP contribution in [-0.4, -0.2) is 35.7 Å². The molecule has 0 aromatic heterocycles. The van der Waals surface area contributed by atoms with Crippen LogP contribution in [0.3, 0.4) is 0 Å². The molecule has 0 amide bonds. The fourth-order valence-corrected chi connectivity index (χ4v) is 4.21. The maximum absolute atomic E-state index is 12.2. The van der Waals surface area contributed by atoms with Crippen molar-refractivity contribution in [2.24, 2.45) is 0 Å². The van der Waals surface area contributed by atoms with E-state index in [0.29, 0.717) is 6.61 Å². The Labute approximate surface area is 135 Å². The molecule has 1 saturated carbocycles. The minimum Gasteiger partial charge on any atom is -0.465 e. The first-order valence-electron chi connectivity index (χ1n) is 8.66. The smallest absolute Gasteiger partial charge is 0.326 e. The van der Waals surface area contributed by atoms with E-state index in [4.69, 9.17) is 4.74 Å². The first kappa shape index (κ1) is 18.8. The Bertz CT molecular complexity index is 293. The van der Waals surface area contributed by atoms with Crippen LogP contribution in [0, 0.1) is 0 Å². The van der Waals surface area contributed by atoms with Crippen molar-refractivity contribution in [2.75, 3.05) is 18.9 Å². The van der Waals surface area contributed by atoms with Gasteiger partial charge in [-0.15, -0.1) is 0 Å².